The zero-order valence-corrected chi connectivity index (χ0v) is 19.0. The highest BCUT2D eigenvalue weighted by Crippen LogP contribution is 2.31. The standard InChI is InChI=1S/C27H28N2O2S/c1-2-6-21(7-3-1)20-22-14-16-29(17-15-22)18-19-30-23-10-12-24(13-11-23)31-27-28-25-8-4-5-9-26(25)32-27/h1-13,22H,14-20H2. The molecule has 164 valence electrons. The zero-order valence-electron chi connectivity index (χ0n) is 18.2. The quantitative estimate of drug-likeness (QED) is 0.314. The number of benzene rings is 3. The topological polar surface area (TPSA) is 34.6 Å². The highest BCUT2D eigenvalue weighted by molar-refractivity contribution is 7.20. The molecular weight excluding hydrogens is 416 g/mol. The van der Waals surface area contributed by atoms with E-state index in [1.54, 1.807) is 11.3 Å². The number of ether oxygens (including phenoxy) is 2. The fraction of sp³-hybridized carbons (Fsp3) is 0.296. The van der Waals surface area contributed by atoms with Gasteiger partial charge in [0.1, 0.15) is 18.1 Å². The molecule has 0 unspecified atom stereocenters. The molecular formula is C27H28N2O2S. The molecule has 0 saturated carbocycles. The zero-order chi connectivity index (χ0) is 21.6. The minimum atomic E-state index is 0.663. The van der Waals surface area contributed by atoms with Crippen LogP contribution in [0.2, 0.25) is 0 Å². The number of likely N-dealkylation sites (tertiary alicyclic amines) is 1. The maximum Gasteiger partial charge on any atom is 0.279 e. The summed E-state index contributed by atoms with van der Waals surface area (Å²) < 4.78 is 13.0. The van der Waals surface area contributed by atoms with E-state index in [-0.39, 0.29) is 0 Å². The average Bonchev–Trinajstić information content (AvgIpc) is 3.24. The summed E-state index contributed by atoms with van der Waals surface area (Å²) in [5.41, 5.74) is 2.43. The Balaban J connectivity index is 1.04. The van der Waals surface area contributed by atoms with E-state index in [4.69, 9.17) is 9.47 Å². The summed E-state index contributed by atoms with van der Waals surface area (Å²) in [4.78, 5) is 7.04. The van der Waals surface area contributed by atoms with E-state index in [1.165, 1.54) is 24.8 Å². The molecule has 0 spiro atoms. The van der Waals surface area contributed by atoms with Gasteiger partial charge in [-0.25, -0.2) is 4.98 Å². The second-order valence-corrected chi connectivity index (χ2v) is 9.34. The van der Waals surface area contributed by atoms with Crippen LogP contribution in [-0.4, -0.2) is 36.1 Å². The van der Waals surface area contributed by atoms with Crippen LogP contribution in [0.25, 0.3) is 10.2 Å². The largest absolute Gasteiger partial charge is 0.492 e. The number of thiazole rings is 1. The molecule has 1 aliphatic heterocycles. The van der Waals surface area contributed by atoms with E-state index < -0.39 is 0 Å². The Morgan fingerprint density at radius 1 is 0.844 bits per heavy atom. The van der Waals surface area contributed by atoms with E-state index in [1.807, 2.05) is 42.5 Å². The molecule has 1 aromatic heterocycles. The highest BCUT2D eigenvalue weighted by atomic mass is 32.1. The summed E-state index contributed by atoms with van der Waals surface area (Å²) in [6, 6.07) is 26.7. The van der Waals surface area contributed by atoms with Crippen LogP contribution in [-0.2, 0) is 6.42 Å². The normalized spacial score (nSPS) is 15.1. The van der Waals surface area contributed by atoms with E-state index in [2.05, 4.69) is 46.3 Å². The third-order valence-electron chi connectivity index (χ3n) is 6.05. The average molecular weight is 445 g/mol. The summed E-state index contributed by atoms with van der Waals surface area (Å²) in [6.07, 6.45) is 3.75. The minimum Gasteiger partial charge on any atom is -0.492 e. The van der Waals surface area contributed by atoms with Crippen LogP contribution in [0.1, 0.15) is 18.4 Å². The molecule has 0 atom stereocenters. The molecule has 4 aromatic rings. The SMILES string of the molecule is c1ccc(CC2CCN(CCOc3ccc(Oc4nc5ccccc5s4)cc3)CC2)cc1. The van der Waals surface area contributed by atoms with Crippen molar-refractivity contribution in [1.29, 1.82) is 0 Å². The van der Waals surface area contributed by atoms with E-state index >= 15 is 0 Å². The van der Waals surface area contributed by atoms with Gasteiger partial charge in [0.05, 0.1) is 10.2 Å². The van der Waals surface area contributed by atoms with Crippen LogP contribution in [0.15, 0.2) is 78.9 Å². The second kappa shape index (κ2) is 10.2. The number of hydrogen-bond donors (Lipinski definition) is 0. The number of para-hydroxylation sites is 1. The van der Waals surface area contributed by atoms with Crippen LogP contribution >= 0.6 is 11.3 Å². The molecule has 4 nitrogen and oxygen atoms in total. The van der Waals surface area contributed by atoms with Gasteiger partial charge in [0.2, 0.25) is 0 Å². The third-order valence-corrected chi connectivity index (χ3v) is 6.97. The Bertz CT molecular complexity index is 1090. The van der Waals surface area contributed by atoms with E-state index in [9.17, 15) is 0 Å². The number of nitrogens with zero attached hydrogens (tertiary/aromatic N) is 2. The molecule has 3 aromatic carbocycles. The molecule has 1 fully saturated rings. The Labute approximate surface area is 193 Å². The van der Waals surface area contributed by atoms with Crippen molar-refractivity contribution in [1.82, 2.24) is 9.88 Å². The molecule has 1 saturated heterocycles. The smallest absolute Gasteiger partial charge is 0.279 e. The maximum absolute atomic E-state index is 5.97. The lowest BCUT2D eigenvalue weighted by Crippen LogP contribution is -2.36. The molecule has 0 bridgehead atoms. The van der Waals surface area contributed by atoms with E-state index in [0.29, 0.717) is 11.8 Å². The molecule has 5 rings (SSSR count). The van der Waals surface area contributed by atoms with Crippen molar-refractivity contribution in [2.75, 3.05) is 26.2 Å². The van der Waals surface area contributed by atoms with Gasteiger partial charge < -0.3 is 9.47 Å². The summed E-state index contributed by atoms with van der Waals surface area (Å²) in [7, 11) is 0. The minimum absolute atomic E-state index is 0.663. The van der Waals surface area contributed by atoms with Crippen molar-refractivity contribution in [3.05, 3.63) is 84.4 Å². The Kier molecular flexibility index (Phi) is 6.66. The molecule has 0 N–H and O–H groups in total. The van der Waals surface area contributed by atoms with Crippen LogP contribution < -0.4 is 9.47 Å². The first kappa shape index (κ1) is 21.0. The lowest BCUT2D eigenvalue weighted by Gasteiger charge is -2.31. The van der Waals surface area contributed by atoms with Crippen molar-refractivity contribution in [3.8, 4) is 16.7 Å². The van der Waals surface area contributed by atoms with Gasteiger partial charge in [-0.2, -0.15) is 0 Å². The van der Waals surface area contributed by atoms with Crippen molar-refractivity contribution >= 4 is 21.6 Å². The summed E-state index contributed by atoms with van der Waals surface area (Å²) in [5.74, 6) is 2.45. The highest BCUT2D eigenvalue weighted by Gasteiger charge is 2.19. The molecule has 0 amide bonds. The van der Waals surface area contributed by atoms with Crippen LogP contribution in [0.5, 0.6) is 16.7 Å². The Hall–Kier alpha value is -2.89. The first-order valence-corrected chi connectivity index (χ1v) is 12.2. The number of piperidine rings is 1. The molecule has 5 heteroatoms. The Morgan fingerprint density at radius 2 is 1.56 bits per heavy atom. The molecule has 0 radical (unpaired) electrons. The lowest BCUT2D eigenvalue weighted by atomic mass is 9.90. The van der Waals surface area contributed by atoms with Gasteiger partial charge in [0.25, 0.3) is 5.19 Å². The van der Waals surface area contributed by atoms with Crippen molar-refractivity contribution in [3.63, 3.8) is 0 Å². The lowest BCUT2D eigenvalue weighted by molar-refractivity contribution is 0.155. The number of rotatable bonds is 8. The number of fused-ring (bicyclic) bond motifs is 1. The molecule has 0 aliphatic carbocycles. The van der Waals surface area contributed by atoms with Crippen molar-refractivity contribution < 1.29 is 9.47 Å². The monoisotopic (exact) mass is 444 g/mol. The van der Waals surface area contributed by atoms with Gasteiger partial charge in [-0.05, 0) is 80.2 Å². The fourth-order valence-electron chi connectivity index (χ4n) is 4.25. The maximum atomic E-state index is 5.97. The van der Waals surface area contributed by atoms with E-state index in [0.717, 1.165) is 47.3 Å². The van der Waals surface area contributed by atoms with Crippen molar-refractivity contribution in [2.24, 2.45) is 5.92 Å². The van der Waals surface area contributed by atoms with Gasteiger partial charge in [-0.1, -0.05) is 53.8 Å². The molecule has 32 heavy (non-hydrogen) atoms. The second-order valence-electron chi connectivity index (χ2n) is 8.34. The van der Waals surface area contributed by atoms with Crippen LogP contribution in [0.3, 0.4) is 0 Å². The summed E-state index contributed by atoms with van der Waals surface area (Å²) in [6.45, 7) is 4.01. The van der Waals surface area contributed by atoms with Crippen LogP contribution in [0.4, 0.5) is 0 Å². The predicted molar refractivity (Wildman–Crippen MR) is 131 cm³/mol. The predicted octanol–water partition coefficient (Wildman–Crippen LogP) is 6.42. The van der Waals surface area contributed by atoms with Gasteiger partial charge in [-0.15, -0.1) is 0 Å². The van der Waals surface area contributed by atoms with Crippen molar-refractivity contribution in [2.45, 2.75) is 19.3 Å². The molecule has 1 aliphatic rings. The third kappa shape index (κ3) is 5.47. The Morgan fingerprint density at radius 3 is 2.34 bits per heavy atom. The fourth-order valence-corrected chi connectivity index (χ4v) is 5.09. The number of aromatic nitrogens is 1. The number of hydrogen-bond acceptors (Lipinski definition) is 5. The summed E-state index contributed by atoms with van der Waals surface area (Å²) in [5, 5.41) is 0.663. The summed E-state index contributed by atoms with van der Waals surface area (Å²) >= 11 is 1.56. The van der Waals surface area contributed by atoms with Gasteiger partial charge in [0.15, 0.2) is 0 Å². The van der Waals surface area contributed by atoms with Gasteiger partial charge >= 0.3 is 0 Å². The van der Waals surface area contributed by atoms with Crippen LogP contribution in [0, 0.1) is 5.92 Å². The first-order chi connectivity index (χ1) is 15.8. The molecule has 2 heterocycles. The first-order valence-electron chi connectivity index (χ1n) is 11.3. The van der Waals surface area contributed by atoms with Gasteiger partial charge in [0, 0.05) is 6.54 Å². The van der Waals surface area contributed by atoms with Gasteiger partial charge in [-0.3, -0.25) is 4.90 Å².